The topological polar surface area (TPSA) is 32.3 Å². The van der Waals surface area contributed by atoms with E-state index in [1.807, 2.05) is 12.1 Å². The predicted molar refractivity (Wildman–Crippen MR) is 93.9 cm³/mol. The van der Waals surface area contributed by atoms with Gasteiger partial charge in [0.15, 0.2) is 11.6 Å². The molecule has 0 atom stereocenters. The standard InChI is InChI=1S/C18H19ClF2N2O/c1-4-23(11(2)3)13-7-5-12(6-8-13)22-18(24)14-9-16(20)17(21)10-15(14)19/h5-11H,4H2,1-3H3,(H,22,24). The van der Waals surface area contributed by atoms with Crippen LogP contribution in [0.15, 0.2) is 36.4 Å². The summed E-state index contributed by atoms with van der Waals surface area (Å²) in [6, 6.07) is 9.24. The Morgan fingerprint density at radius 1 is 1.17 bits per heavy atom. The summed E-state index contributed by atoms with van der Waals surface area (Å²) in [5.41, 5.74) is 1.47. The van der Waals surface area contributed by atoms with Crippen LogP contribution in [0.25, 0.3) is 0 Å². The van der Waals surface area contributed by atoms with Crippen molar-refractivity contribution in [1.82, 2.24) is 0 Å². The first-order valence-electron chi connectivity index (χ1n) is 7.66. The summed E-state index contributed by atoms with van der Waals surface area (Å²) in [7, 11) is 0. The number of nitrogens with one attached hydrogen (secondary N) is 1. The Bertz CT molecular complexity index is 733. The Labute approximate surface area is 145 Å². The highest BCUT2D eigenvalue weighted by atomic mass is 35.5. The van der Waals surface area contributed by atoms with E-state index < -0.39 is 17.5 Å². The fourth-order valence-electron chi connectivity index (χ4n) is 2.48. The van der Waals surface area contributed by atoms with Gasteiger partial charge in [-0.2, -0.15) is 0 Å². The van der Waals surface area contributed by atoms with Crippen LogP contribution in [0.2, 0.25) is 5.02 Å². The lowest BCUT2D eigenvalue weighted by molar-refractivity contribution is 0.102. The molecule has 0 aromatic heterocycles. The van der Waals surface area contributed by atoms with Crippen molar-refractivity contribution in [1.29, 1.82) is 0 Å². The molecular weight excluding hydrogens is 334 g/mol. The number of hydrogen-bond acceptors (Lipinski definition) is 2. The number of amides is 1. The van der Waals surface area contributed by atoms with Crippen LogP contribution in [0.5, 0.6) is 0 Å². The summed E-state index contributed by atoms with van der Waals surface area (Å²) in [6.07, 6.45) is 0. The van der Waals surface area contributed by atoms with Crippen molar-refractivity contribution in [3.8, 4) is 0 Å². The zero-order valence-corrected chi connectivity index (χ0v) is 14.5. The third-order valence-electron chi connectivity index (χ3n) is 3.68. The molecule has 2 aromatic carbocycles. The number of carbonyl (C=O) groups excluding carboxylic acids is 1. The molecule has 3 nitrogen and oxygen atoms in total. The van der Waals surface area contributed by atoms with Gasteiger partial charge in [0.05, 0.1) is 10.6 Å². The molecule has 0 aliphatic heterocycles. The monoisotopic (exact) mass is 352 g/mol. The SMILES string of the molecule is CCN(c1ccc(NC(=O)c2cc(F)c(F)cc2Cl)cc1)C(C)C. The van der Waals surface area contributed by atoms with E-state index in [0.717, 1.165) is 24.4 Å². The van der Waals surface area contributed by atoms with Crippen LogP contribution in [0, 0.1) is 11.6 Å². The molecule has 2 rings (SSSR count). The smallest absolute Gasteiger partial charge is 0.257 e. The van der Waals surface area contributed by atoms with Gasteiger partial charge in [0.25, 0.3) is 5.91 Å². The van der Waals surface area contributed by atoms with Gasteiger partial charge in [0, 0.05) is 24.0 Å². The number of benzene rings is 2. The predicted octanol–water partition coefficient (Wildman–Crippen LogP) is 5.11. The molecule has 0 bridgehead atoms. The van der Waals surface area contributed by atoms with E-state index in [1.165, 1.54) is 0 Å². The number of nitrogens with zero attached hydrogens (tertiary/aromatic N) is 1. The van der Waals surface area contributed by atoms with Gasteiger partial charge in [0.1, 0.15) is 0 Å². The Hall–Kier alpha value is -2.14. The molecule has 1 N–H and O–H groups in total. The van der Waals surface area contributed by atoms with Gasteiger partial charge in [-0.3, -0.25) is 4.79 Å². The minimum absolute atomic E-state index is 0.114. The summed E-state index contributed by atoms with van der Waals surface area (Å²) in [6.45, 7) is 7.14. The fourth-order valence-corrected chi connectivity index (χ4v) is 2.71. The van der Waals surface area contributed by atoms with Gasteiger partial charge in [-0.1, -0.05) is 11.6 Å². The van der Waals surface area contributed by atoms with E-state index >= 15 is 0 Å². The summed E-state index contributed by atoms with van der Waals surface area (Å²) in [5.74, 6) is -2.80. The third kappa shape index (κ3) is 4.03. The normalized spacial score (nSPS) is 10.8. The molecule has 1 amide bonds. The first-order valence-corrected chi connectivity index (χ1v) is 8.03. The quantitative estimate of drug-likeness (QED) is 0.759. The minimum Gasteiger partial charge on any atom is -0.369 e. The average Bonchev–Trinajstić information content (AvgIpc) is 2.52. The van der Waals surface area contributed by atoms with Crippen molar-refractivity contribution in [2.75, 3.05) is 16.8 Å². The van der Waals surface area contributed by atoms with Gasteiger partial charge < -0.3 is 10.2 Å². The van der Waals surface area contributed by atoms with Gasteiger partial charge in [-0.25, -0.2) is 8.78 Å². The molecule has 0 radical (unpaired) electrons. The number of anilines is 2. The molecule has 0 unspecified atom stereocenters. The lowest BCUT2D eigenvalue weighted by atomic mass is 10.2. The van der Waals surface area contributed by atoms with E-state index in [9.17, 15) is 13.6 Å². The Morgan fingerprint density at radius 3 is 2.29 bits per heavy atom. The van der Waals surface area contributed by atoms with E-state index in [2.05, 4.69) is 31.0 Å². The van der Waals surface area contributed by atoms with Crippen LogP contribution in [0.1, 0.15) is 31.1 Å². The van der Waals surface area contributed by atoms with Crippen molar-refractivity contribution in [3.05, 3.63) is 58.6 Å². The molecule has 6 heteroatoms. The number of hydrogen-bond donors (Lipinski definition) is 1. The molecule has 0 aliphatic rings. The molecule has 0 aliphatic carbocycles. The van der Waals surface area contributed by atoms with Crippen LogP contribution in [0.4, 0.5) is 20.2 Å². The first-order chi connectivity index (χ1) is 11.3. The van der Waals surface area contributed by atoms with E-state index in [0.29, 0.717) is 11.7 Å². The largest absolute Gasteiger partial charge is 0.369 e. The number of carbonyl (C=O) groups is 1. The highest BCUT2D eigenvalue weighted by Gasteiger charge is 2.15. The Kier molecular flexibility index (Phi) is 5.78. The molecule has 128 valence electrons. The second-order valence-electron chi connectivity index (χ2n) is 5.63. The van der Waals surface area contributed by atoms with Crippen LogP contribution < -0.4 is 10.2 Å². The summed E-state index contributed by atoms with van der Waals surface area (Å²) in [5, 5.41) is 2.49. The minimum atomic E-state index is -1.12. The zero-order chi connectivity index (χ0) is 17.9. The van der Waals surface area contributed by atoms with Crippen molar-refractivity contribution in [2.45, 2.75) is 26.8 Å². The summed E-state index contributed by atoms with van der Waals surface area (Å²) in [4.78, 5) is 14.4. The first kappa shape index (κ1) is 18.2. The maximum absolute atomic E-state index is 13.3. The van der Waals surface area contributed by atoms with Crippen LogP contribution in [-0.4, -0.2) is 18.5 Å². The maximum atomic E-state index is 13.3. The maximum Gasteiger partial charge on any atom is 0.257 e. The highest BCUT2D eigenvalue weighted by Crippen LogP contribution is 2.23. The number of rotatable bonds is 5. The van der Waals surface area contributed by atoms with E-state index in [-0.39, 0.29) is 10.6 Å². The molecule has 0 saturated heterocycles. The summed E-state index contributed by atoms with van der Waals surface area (Å²) < 4.78 is 26.4. The highest BCUT2D eigenvalue weighted by molar-refractivity contribution is 6.34. The molecule has 24 heavy (non-hydrogen) atoms. The molecule has 0 saturated carbocycles. The molecule has 2 aromatic rings. The summed E-state index contributed by atoms with van der Waals surface area (Å²) >= 11 is 5.81. The van der Waals surface area contributed by atoms with Gasteiger partial charge >= 0.3 is 0 Å². The third-order valence-corrected chi connectivity index (χ3v) is 3.99. The van der Waals surface area contributed by atoms with Crippen molar-refractivity contribution in [2.24, 2.45) is 0 Å². The lowest BCUT2D eigenvalue weighted by Gasteiger charge is -2.27. The molecular formula is C18H19ClF2N2O. The van der Waals surface area contributed by atoms with Crippen LogP contribution >= 0.6 is 11.6 Å². The molecule has 0 spiro atoms. The van der Waals surface area contributed by atoms with Gasteiger partial charge in [-0.05, 0) is 57.2 Å². The fraction of sp³-hybridized carbons (Fsp3) is 0.278. The Balaban J connectivity index is 2.17. The molecule has 0 fully saturated rings. The van der Waals surface area contributed by atoms with Gasteiger partial charge in [-0.15, -0.1) is 0 Å². The van der Waals surface area contributed by atoms with E-state index in [4.69, 9.17) is 11.6 Å². The zero-order valence-electron chi connectivity index (χ0n) is 13.7. The van der Waals surface area contributed by atoms with Crippen LogP contribution in [-0.2, 0) is 0 Å². The molecule has 0 heterocycles. The number of halogens is 3. The van der Waals surface area contributed by atoms with E-state index in [1.54, 1.807) is 12.1 Å². The second kappa shape index (κ2) is 7.62. The van der Waals surface area contributed by atoms with Crippen molar-refractivity contribution < 1.29 is 13.6 Å². The van der Waals surface area contributed by atoms with Crippen molar-refractivity contribution in [3.63, 3.8) is 0 Å². The van der Waals surface area contributed by atoms with Gasteiger partial charge in [0.2, 0.25) is 0 Å². The average molecular weight is 353 g/mol. The lowest BCUT2D eigenvalue weighted by Crippen LogP contribution is -2.30. The second-order valence-corrected chi connectivity index (χ2v) is 6.03. The van der Waals surface area contributed by atoms with Crippen molar-refractivity contribution >= 4 is 28.9 Å². The Morgan fingerprint density at radius 2 is 1.75 bits per heavy atom. The van der Waals surface area contributed by atoms with Crippen LogP contribution in [0.3, 0.4) is 0 Å².